The van der Waals surface area contributed by atoms with Gasteiger partial charge in [0.2, 0.25) is 0 Å². The first kappa shape index (κ1) is 13.7. The molecule has 3 rings (SSSR count). The molecule has 0 aliphatic carbocycles. The fourth-order valence-corrected chi connectivity index (χ4v) is 1.97. The maximum absolute atomic E-state index is 8.80. The van der Waals surface area contributed by atoms with Crippen molar-refractivity contribution in [2.45, 2.75) is 0 Å². The molecule has 0 atom stereocenters. The van der Waals surface area contributed by atoms with E-state index in [1.54, 1.807) is 18.3 Å². The molecule has 0 saturated heterocycles. The molecule has 1 N–H and O–H groups in total. The highest BCUT2D eigenvalue weighted by Gasteiger charge is 2.03. The van der Waals surface area contributed by atoms with Crippen LogP contribution in [0.15, 0.2) is 76.2 Å². The van der Waals surface area contributed by atoms with Gasteiger partial charge in [0.15, 0.2) is 0 Å². The first-order valence-electron chi connectivity index (χ1n) is 6.80. The summed E-state index contributed by atoms with van der Waals surface area (Å²) in [4.78, 5) is 0. The first-order chi connectivity index (χ1) is 10.8. The minimum atomic E-state index is 0.629. The largest absolute Gasteiger partial charge is 0.455 e. The van der Waals surface area contributed by atoms with Gasteiger partial charge in [-0.05, 0) is 48.5 Å². The molecule has 3 aromatic rings. The molecule has 1 aromatic heterocycles. The first-order valence-corrected chi connectivity index (χ1v) is 6.80. The molecular weight excluding hydrogens is 274 g/mol. The summed E-state index contributed by atoms with van der Waals surface area (Å²) in [5.41, 5.74) is 5.40. The van der Waals surface area contributed by atoms with E-state index in [2.05, 4.69) is 16.6 Å². The summed E-state index contributed by atoms with van der Waals surface area (Å²) in [7, 11) is 0. The number of hydrazone groups is 1. The van der Waals surface area contributed by atoms with Gasteiger partial charge in [0.05, 0.1) is 23.5 Å². The van der Waals surface area contributed by atoms with Gasteiger partial charge < -0.3 is 4.42 Å². The smallest absolute Gasteiger partial charge is 0.147 e. The summed E-state index contributed by atoms with van der Waals surface area (Å²) in [6, 6.07) is 22.8. The van der Waals surface area contributed by atoms with E-state index in [1.165, 1.54) is 0 Å². The maximum Gasteiger partial charge on any atom is 0.147 e. The fourth-order valence-electron chi connectivity index (χ4n) is 1.97. The van der Waals surface area contributed by atoms with Gasteiger partial charge in [-0.3, -0.25) is 5.43 Å². The Morgan fingerprint density at radius 2 is 1.73 bits per heavy atom. The Hall–Kier alpha value is -3.32. The molecule has 0 aliphatic rings. The lowest BCUT2D eigenvalue weighted by Crippen LogP contribution is -1.88. The molecule has 0 saturated carbocycles. The Kier molecular flexibility index (Phi) is 3.98. The Bertz CT molecular complexity index is 812. The number of nitrogens with one attached hydrogen (secondary N) is 1. The Morgan fingerprint density at radius 1 is 0.955 bits per heavy atom. The van der Waals surface area contributed by atoms with Crippen molar-refractivity contribution in [1.82, 2.24) is 0 Å². The second kappa shape index (κ2) is 6.42. The molecule has 0 aliphatic heterocycles. The Morgan fingerprint density at radius 3 is 2.45 bits per heavy atom. The van der Waals surface area contributed by atoms with Crippen LogP contribution in [0.5, 0.6) is 0 Å². The highest BCUT2D eigenvalue weighted by atomic mass is 16.3. The average Bonchev–Trinajstić information content (AvgIpc) is 3.05. The summed E-state index contributed by atoms with van der Waals surface area (Å²) in [6.45, 7) is 0. The van der Waals surface area contributed by atoms with E-state index in [9.17, 15) is 0 Å². The summed E-state index contributed by atoms with van der Waals surface area (Å²) in [6.07, 6.45) is 1.63. The van der Waals surface area contributed by atoms with Crippen LogP contribution >= 0.6 is 0 Å². The molecule has 0 bridgehead atoms. The second-order valence-corrected chi connectivity index (χ2v) is 4.63. The molecule has 0 unspecified atom stereocenters. The van der Waals surface area contributed by atoms with Crippen molar-refractivity contribution in [2.24, 2.45) is 5.10 Å². The van der Waals surface area contributed by atoms with Gasteiger partial charge >= 0.3 is 0 Å². The van der Waals surface area contributed by atoms with Crippen molar-refractivity contribution in [3.8, 4) is 17.4 Å². The predicted molar refractivity (Wildman–Crippen MR) is 86.5 cm³/mol. The SMILES string of the molecule is N#Cc1ccc(-c2ccc(/C=N\Nc3ccccc3)o2)cc1. The van der Waals surface area contributed by atoms with Crippen molar-refractivity contribution < 1.29 is 4.42 Å². The molecule has 2 aromatic carbocycles. The summed E-state index contributed by atoms with van der Waals surface area (Å²) >= 11 is 0. The molecule has 0 radical (unpaired) electrons. The fraction of sp³-hybridized carbons (Fsp3) is 0. The van der Waals surface area contributed by atoms with Crippen LogP contribution in [-0.4, -0.2) is 6.21 Å². The lowest BCUT2D eigenvalue weighted by molar-refractivity contribution is 0.575. The molecule has 0 amide bonds. The zero-order chi connectivity index (χ0) is 15.2. The van der Waals surface area contributed by atoms with Crippen molar-refractivity contribution >= 4 is 11.9 Å². The van der Waals surface area contributed by atoms with E-state index in [4.69, 9.17) is 9.68 Å². The number of anilines is 1. The normalized spacial score (nSPS) is 10.5. The van der Waals surface area contributed by atoms with Crippen LogP contribution in [0.4, 0.5) is 5.69 Å². The van der Waals surface area contributed by atoms with Gasteiger partial charge in [0.25, 0.3) is 0 Å². The van der Waals surface area contributed by atoms with Gasteiger partial charge in [-0.1, -0.05) is 18.2 Å². The van der Waals surface area contributed by atoms with E-state index in [-0.39, 0.29) is 0 Å². The third-order valence-corrected chi connectivity index (χ3v) is 3.08. The van der Waals surface area contributed by atoms with E-state index < -0.39 is 0 Å². The number of furan rings is 1. The molecule has 4 heteroatoms. The monoisotopic (exact) mass is 287 g/mol. The van der Waals surface area contributed by atoms with Gasteiger partial charge in [0.1, 0.15) is 11.5 Å². The van der Waals surface area contributed by atoms with E-state index in [0.717, 1.165) is 17.0 Å². The van der Waals surface area contributed by atoms with Gasteiger partial charge in [-0.2, -0.15) is 10.4 Å². The zero-order valence-electron chi connectivity index (χ0n) is 11.7. The van der Waals surface area contributed by atoms with E-state index in [1.807, 2.05) is 54.6 Å². The molecule has 22 heavy (non-hydrogen) atoms. The highest BCUT2D eigenvalue weighted by molar-refractivity contribution is 5.78. The summed E-state index contributed by atoms with van der Waals surface area (Å²) in [5, 5.41) is 12.9. The molecule has 0 spiro atoms. The standard InChI is InChI=1S/C18H13N3O/c19-12-14-6-8-15(9-7-14)18-11-10-17(22-18)13-20-21-16-4-2-1-3-5-16/h1-11,13,21H/b20-13-. The van der Waals surface area contributed by atoms with Crippen LogP contribution in [-0.2, 0) is 0 Å². The van der Waals surface area contributed by atoms with Crippen LogP contribution in [0, 0.1) is 11.3 Å². The van der Waals surface area contributed by atoms with Crippen LogP contribution in [0.25, 0.3) is 11.3 Å². The second-order valence-electron chi connectivity index (χ2n) is 4.63. The number of hydrogen-bond donors (Lipinski definition) is 1. The van der Waals surface area contributed by atoms with Crippen LogP contribution in [0.1, 0.15) is 11.3 Å². The highest BCUT2D eigenvalue weighted by Crippen LogP contribution is 2.21. The summed E-state index contributed by atoms with van der Waals surface area (Å²) < 4.78 is 5.71. The minimum Gasteiger partial charge on any atom is -0.455 e. The van der Waals surface area contributed by atoms with Crippen molar-refractivity contribution in [2.75, 3.05) is 5.43 Å². The van der Waals surface area contributed by atoms with E-state index in [0.29, 0.717) is 11.3 Å². The van der Waals surface area contributed by atoms with Crippen molar-refractivity contribution in [3.05, 3.63) is 78.1 Å². The number of rotatable bonds is 4. The topological polar surface area (TPSA) is 61.3 Å². The number of para-hydroxylation sites is 1. The molecular formula is C18H13N3O. The lowest BCUT2D eigenvalue weighted by Gasteiger charge is -1.98. The van der Waals surface area contributed by atoms with Gasteiger partial charge in [-0.25, -0.2) is 0 Å². The molecule has 106 valence electrons. The van der Waals surface area contributed by atoms with Gasteiger partial charge in [0, 0.05) is 5.56 Å². The molecule has 4 nitrogen and oxygen atoms in total. The lowest BCUT2D eigenvalue weighted by atomic mass is 10.1. The number of hydrogen-bond acceptors (Lipinski definition) is 4. The van der Waals surface area contributed by atoms with Crippen LogP contribution < -0.4 is 5.43 Å². The number of nitrogens with zero attached hydrogens (tertiary/aromatic N) is 2. The van der Waals surface area contributed by atoms with Crippen molar-refractivity contribution in [3.63, 3.8) is 0 Å². The third-order valence-electron chi connectivity index (χ3n) is 3.08. The van der Waals surface area contributed by atoms with Crippen molar-refractivity contribution in [1.29, 1.82) is 5.26 Å². The number of benzene rings is 2. The van der Waals surface area contributed by atoms with Crippen LogP contribution in [0.3, 0.4) is 0 Å². The summed E-state index contributed by atoms with van der Waals surface area (Å²) in [5.74, 6) is 1.40. The molecule has 1 heterocycles. The minimum absolute atomic E-state index is 0.629. The maximum atomic E-state index is 8.80. The quantitative estimate of drug-likeness (QED) is 0.576. The van der Waals surface area contributed by atoms with E-state index >= 15 is 0 Å². The van der Waals surface area contributed by atoms with Crippen LogP contribution in [0.2, 0.25) is 0 Å². The zero-order valence-corrected chi connectivity index (χ0v) is 11.7. The van der Waals surface area contributed by atoms with Gasteiger partial charge in [-0.15, -0.1) is 0 Å². The molecule has 0 fully saturated rings. The predicted octanol–water partition coefficient (Wildman–Crippen LogP) is 4.26. The Labute approximate surface area is 128 Å². The Balaban J connectivity index is 1.69. The third kappa shape index (κ3) is 3.22. The number of nitriles is 1. The average molecular weight is 287 g/mol.